The van der Waals surface area contributed by atoms with E-state index in [0.29, 0.717) is 22.8 Å². The predicted molar refractivity (Wildman–Crippen MR) is 129 cm³/mol. The molecule has 8 nitrogen and oxygen atoms in total. The average molecular weight is 476 g/mol. The van der Waals surface area contributed by atoms with Crippen LogP contribution in [0.25, 0.3) is 22.5 Å². The monoisotopic (exact) mass is 475 g/mol. The van der Waals surface area contributed by atoms with Crippen LogP contribution in [0.5, 0.6) is 5.75 Å². The summed E-state index contributed by atoms with van der Waals surface area (Å²) in [5.41, 5.74) is 4.64. The molecule has 1 heterocycles. The van der Waals surface area contributed by atoms with Crippen LogP contribution >= 0.6 is 11.6 Å². The van der Waals surface area contributed by atoms with Crippen LogP contribution < -0.4 is 10.2 Å². The van der Waals surface area contributed by atoms with Crippen molar-refractivity contribution < 1.29 is 18.9 Å². The lowest BCUT2D eigenvalue weighted by Gasteiger charge is -2.10. The average Bonchev–Trinajstić information content (AvgIpc) is 3.32. The lowest BCUT2D eigenvalue weighted by molar-refractivity contribution is -0.384. The Kier molecular flexibility index (Phi) is 7.00. The van der Waals surface area contributed by atoms with E-state index in [1.54, 1.807) is 18.2 Å². The van der Waals surface area contributed by atoms with E-state index in [1.807, 2.05) is 48.5 Å². The molecule has 0 saturated heterocycles. The molecule has 1 aromatic heterocycles. The van der Waals surface area contributed by atoms with Crippen molar-refractivity contribution >= 4 is 29.4 Å². The Morgan fingerprint density at radius 2 is 1.79 bits per heavy atom. The Bertz CT molecular complexity index is 1350. The minimum absolute atomic E-state index is 0.113. The molecular formula is C25H18ClN3O5. The fourth-order valence-electron chi connectivity index (χ4n) is 3.18. The third-order valence-electron chi connectivity index (χ3n) is 4.77. The molecule has 4 rings (SSSR count). The van der Waals surface area contributed by atoms with Gasteiger partial charge < -0.3 is 9.15 Å². The molecule has 0 atom stereocenters. The van der Waals surface area contributed by atoms with Crippen LogP contribution in [-0.2, 0) is 4.79 Å². The number of nitrogens with one attached hydrogen (secondary N) is 1. The number of nitrogens with zero attached hydrogens (tertiary/aromatic N) is 2. The van der Waals surface area contributed by atoms with Crippen molar-refractivity contribution in [2.75, 3.05) is 6.61 Å². The summed E-state index contributed by atoms with van der Waals surface area (Å²) in [6.07, 6.45) is 1.33. The van der Waals surface area contributed by atoms with E-state index >= 15 is 0 Å². The van der Waals surface area contributed by atoms with Gasteiger partial charge >= 0.3 is 0 Å². The second-order valence-electron chi connectivity index (χ2n) is 7.07. The number of hydrazone groups is 1. The molecule has 0 aliphatic rings. The Morgan fingerprint density at radius 1 is 1.03 bits per heavy atom. The van der Waals surface area contributed by atoms with E-state index in [9.17, 15) is 14.9 Å². The van der Waals surface area contributed by atoms with E-state index < -0.39 is 10.8 Å². The number of carbonyl (C=O) groups excluding carboxylic acids is 1. The van der Waals surface area contributed by atoms with Gasteiger partial charge in [-0.05, 0) is 29.8 Å². The van der Waals surface area contributed by atoms with E-state index in [1.165, 1.54) is 24.4 Å². The zero-order valence-electron chi connectivity index (χ0n) is 17.7. The van der Waals surface area contributed by atoms with Gasteiger partial charge in [-0.3, -0.25) is 14.9 Å². The van der Waals surface area contributed by atoms with Crippen LogP contribution in [0.3, 0.4) is 0 Å². The number of carbonyl (C=O) groups is 1. The fourth-order valence-corrected chi connectivity index (χ4v) is 3.44. The molecular weight excluding hydrogens is 458 g/mol. The molecule has 4 aromatic rings. The summed E-state index contributed by atoms with van der Waals surface area (Å²) < 4.78 is 11.3. The number of benzene rings is 3. The van der Waals surface area contributed by atoms with Crippen LogP contribution in [0, 0.1) is 10.1 Å². The number of amides is 1. The highest BCUT2D eigenvalue weighted by molar-refractivity contribution is 6.33. The van der Waals surface area contributed by atoms with E-state index in [2.05, 4.69) is 10.5 Å². The predicted octanol–water partition coefficient (Wildman–Crippen LogP) is 5.70. The molecule has 3 aromatic carbocycles. The SMILES string of the molecule is O=C(COc1ccccc1-c1ccccc1)N/N=C/c1ccc(-c2ccc([N+](=O)[O-])cc2Cl)o1. The lowest BCUT2D eigenvalue weighted by atomic mass is 10.1. The van der Waals surface area contributed by atoms with Crippen molar-refractivity contribution in [3.8, 4) is 28.2 Å². The molecule has 0 aliphatic carbocycles. The van der Waals surface area contributed by atoms with Crippen LogP contribution in [0.2, 0.25) is 5.02 Å². The second-order valence-corrected chi connectivity index (χ2v) is 7.47. The molecule has 0 bridgehead atoms. The summed E-state index contributed by atoms with van der Waals surface area (Å²) >= 11 is 6.13. The molecule has 0 spiro atoms. The van der Waals surface area contributed by atoms with Crippen molar-refractivity contribution in [3.05, 3.63) is 106 Å². The van der Waals surface area contributed by atoms with Gasteiger partial charge in [0.1, 0.15) is 17.3 Å². The molecule has 170 valence electrons. The molecule has 0 radical (unpaired) electrons. The Labute approximate surface area is 199 Å². The Balaban J connectivity index is 1.34. The summed E-state index contributed by atoms with van der Waals surface area (Å²) in [7, 11) is 0. The van der Waals surface area contributed by atoms with Crippen LogP contribution in [0.4, 0.5) is 5.69 Å². The van der Waals surface area contributed by atoms with E-state index in [0.717, 1.165) is 11.1 Å². The molecule has 1 amide bonds. The number of hydrogen-bond acceptors (Lipinski definition) is 6. The maximum Gasteiger partial charge on any atom is 0.277 e. The summed E-state index contributed by atoms with van der Waals surface area (Å²) in [5, 5.41) is 14.9. The summed E-state index contributed by atoms with van der Waals surface area (Å²) in [6.45, 7) is -0.219. The Hall–Kier alpha value is -4.43. The number of ether oxygens (including phenoxy) is 1. The first kappa shape index (κ1) is 22.8. The van der Waals surface area contributed by atoms with Crippen molar-refractivity contribution in [2.24, 2.45) is 5.10 Å². The molecule has 34 heavy (non-hydrogen) atoms. The maximum absolute atomic E-state index is 12.2. The third kappa shape index (κ3) is 5.48. The number of furan rings is 1. The number of halogens is 1. The largest absolute Gasteiger partial charge is 0.483 e. The van der Waals surface area contributed by atoms with Gasteiger partial charge in [-0.15, -0.1) is 0 Å². The van der Waals surface area contributed by atoms with Gasteiger partial charge in [0.2, 0.25) is 0 Å². The summed E-state index contributed by atoms with van der Waals surface area (Å²) in [4.78, 5) is 22.5. The van der Waals surface area contributed by atoms with E-state index in [4.69, 9.17) is 20.8 Å². The molecule has 0 unspecified atom stereocenters. The number of non-ortho nitro benzene ring substituents is 1. The highest BCUT2D eigenvalue weighted by Crippen LogP contribution is 2.32. The first-order valence-electron chi connectivity index (χ1n) is 10.1. The molecule has 0 aliphatic heterocycles. The molecule has 0 saturated carbocycles. The fraction of sp³-hybridized carbons (Fsp3) is 0.0400. The molecule has 0 fully saturated rings. The highest BCUT2D eigenvalue weighted by Gasteiger charge is 2.13. The summed E-state index contributed by atoms with van der Waals surface area (Å²) in [5.74, 6) is 0.918. The normalized spacial score (nSPS) is 10.9. The van der Waals surface area contributed by atoms with Crippen molar-refractivity contribution in [3.63, 3.8) is 0 Å². The second kappa shape index (κ2) is 10.5. The maximum atomic E-state index is 12.2. The van der Waals surface area contributed by atoms with Crippen LogP contribution in [0.1, 0.15) is 5.76 Å². The highest BCUT2D eigenvalue weighted by atomic mass is 35.5. The van der Waals surface area contributed by atoms with Gasteiger partial charge in [-0.25, -0.2) is 5.43 Å². The number of nitro benzene ring substituents is 1. The third-order valence-corrected chi connectivity index (χ3v) is 5.08. The van der Waals surface area contributed by atoms with Crippen molar-refractivity contribution in [1.82, 2.24) is 5.43 Å². The number of para-hydroxylation sites is 1. The lowest BCUT2D eigenvalue weighted by Crippen LogP contribution is -2.24. The number of hydrogen-bond donors (Lipinski definition) is 1. The number of nitro groups is 1. The van der Waals surface area contributed by atoms with Gasteiger partial charge in [0.15, 0.2) is 6.61 Å². The first-order chi connectivity index (χ1) is 16.5. The zero-order chi connectivity index (χ0) is 23.9. The molecule has 1 N–H and O–H groups in total. The van der Waals surface area contributed by atoms with Gasteiger partial charge in [-0.1, -0.05) is 60.1 Å². The minimum atomic E-state index is -0.525. The standard InChI is InChI=1S/C25H18ClN3O5/c26-22-14-18(29(31)32)10-12-21(22)24-13-11-19(34-24)15-27-28-25(30)16-33-23-9-5-4-8-20(23)17-6-2-1-3-7-17/h1-15H,16H2,(H,28,30)/b27-15+. The van der Waals surface area contributed by atoms with E-state index in [-0.39, 0.29) is 17.3 Å². The van der Waals surface area contributed by atoms with Crippen molar-refractivity contribution in [1.29, 1.82) is 0 Å². The van der Waals surface area contributed by atoms with Gasteiger partial charge in [0, 0.05) is 23.3 Å². The summed E-state index contributed by atoms with van der Waals surface area (Å²) in [6, 6.07) is 24.6. The zero-order valence-corrected chi connectivity index (χ0v) is 18.4. The number of rotatable bonds is 8. The smallest absolute Gasteiger partial charge is 0.277 e. The van der Waals surface area contributed by atoms with Gasteiger partial charge in [-0.2, -0.15) is 5.10 Å². The van der Waals surface area contributed by atoms with Crippen LogP contribution in [-0.4, -0.2) is 23.7 Å². The minimum Gasteiger partial charge on any atom is -0.483 e. The Morgan fingerprint density at radius 3 is 2.56 bits per heavy atom. The quantitative estimate of drug-likeness (QED) is 0.200. The topological polar surface area (TPSA) is 107 Å². The van der Waals surface area contributed by atoms with Gasteiger partial charge in [0.25, 0.3) is 11.6 Å². The van der Waals surface area contributed by atoms with Crippen LogP contribution in [0.15, 0.2) is 94.4 Å². The van der Waals surface area contributed by atoms with Gasteiger partial charge in [0.05, 0.1) is 16.2 Å². The first-order valence-corrected chi connectivity index (χ1v) is 10.5. The van der Waals surface area contributed by atoms with Crippen molar-refractivity contribution in [2.45, 2.75) is 0 Å². The molecule has 9 heteroatoms.